The summed E-state index contributed by atoms with van der Waals surface area (Å²) in [6.45, 7) is 2.25. The van der Waals surface area contributed by atoms with E-state index >= 15 is 0 Å². The summed E-state index contributed by atoms with van der Waals surface area (Å²) in [5.74, 6) is 0.542. The van der Waals surface area contributed by atoms with Crippen LogP contribution in [0.4, 0.5) is 5.95 Å². The lowest BCUT2D eigenvalue weighted by molar-refractivity contribution is -0.134. The maximum atomic E-state index is 12.8. The fraction of sp³-hybridized carbons (Fsp3) is 0.421. The van der Waals surface area contributed by atoms with Crippen LogP contribution in [-0.4, -0.2) is 46.5 Å². The number of halogens is 1. The van der Waals surface area contributed by atoms with Gasteiger partial charge in [-0.15, -0.1) is 0 Å². The van der Waals surface area contributed by atoms with Crippen molar-refractivity contribution < 1.29 is 4.79 Å². The monoisotopic (exact) mass is 386 g/mol. The number of likely N-dealkylation sites (tertiary alicyclic amines) is 1. The van der Waals surface area contributed by atoms with Gasteiger partial charge in [0.2, 0.25) is 11.9 Å². The minimum atomic E-state index is -0.144. The van der Waals surface area contributed by atoms with Crippen LogP contribution < -0.4 is 16.6 Å². The van der Waals surface area contributed by atoms with Gasteiger partial charge in [0.15, 0.2) is 0 Å². The van der Waals surface area contributed by atoms with Gasteiger partial charge in [0, 0.05) is 42.3 Å². The van der Waals surface area contributed by atoms with Crippen molar-refractivity contribution in [2.45, 2.75) is 31.2 Å². The summed E-state index contributed by atoms with van der Waals surface area (Å²) < 4.78 is 0. The Bertz CT molecular complexity index is 821. The first kappa shape index (κ1) is 18.2. The molecule has 27 heavy (non-hydrogen) atoms. The Hall–Kier alpha value is -2.22. The van der Waals surface area contributed by atoms with Gasteiger partial charge in [0.25, 0.3) is 0 Å². The molecule has 2 fully saturated rings. The fourth-order valence-corrected chi connectivity index (χ4v) is 3.99. The summed E-state index contributed by atoms with van der Waals surface area (Å²) in [5, 5.41) is 0.684. The first-order valence-corrected chi connectivity index (χ1v) is 9.65. The third-order valence-corrected chi connectivity index (χ3v) is 5.50. The summed E-state index contributed by atoms with van der Waals surface area (Å²) in [4.78, 5) is 23.5. The molecular formula is C19H23ClN6O. The number of benzene rings is 1. The average Bonchev–Trinajstić information content (AvgIpc) is 3.23. The molecule has 3 heterocycles. The zero-order valence-corrected chi connectivity index (χ0v) is 15.7. The summed E-state index contributed by atoms with van der Waals surface area (Å²) in [6.07, 6.45) is 4.50. The molecule has 2 unspecified atom stereocenters. The van der Waals surface area contributed by atoms with E-state index in [0.717, 1.165) is 49.2 Å². The van der Waals surface area contributed by atoms with Gasteiger partial charge in [-0.2, -0.15) is 0 Å². The number of nitrogens with two attached hydrogens (primary N) is 1. The molecule has 0 bridgehead atoms. The quantitative estimate of drug-likeness (QED) is 0.746. The van der Waals surface area contributed by atoms with Crippen molar-refractivity contribution in [3.63, 3.8) is 0 Å². The standard InChI is InChI=1S/C19H23ClN6O/c20-14-5-3-12(4-6-14)15-10-22-19(21)24-17(15)13-2-1-9-26(11-13)18(27)16-7-8-23-25-16/h3-6,10,13,16,23,25H,1-2,7-9,11H2,(H2,21,22,24). The van der Waals surface area contributed by atoms with Crippen molar-refractivity contribution in [1.82, 2.24) is 25.7 Å². The highest BCUT2D eigenvalue weighted by Gasteiger charge is 2.32. The second kappa shape index (κ2) is 7.80. The highest BCUT2D eigenvalue weighted by atomic mass is 35.5. The molecule has 142 valence electrons. The zero-order valence-electron chi connectivity index (χ0n) is 15.0. The molecular weight excluding hydrogens is 364 g/mol. The number of hydrogen-bond acceptors (Lipinski definition) is 6. The Morgan fingerprint density at radius 1 is 1.26 bits per heavy atom. The normalized spacial score (nSPS) is 22.8. The number of carbonyl (C=O) groups excluding carboxylic acids is 1. The SMILES string of the molecule is Nc1ncc(-c2ccc(Cl)cc2)c(C2CCCN(C(=O)C3CCNN3)C2)n1. The van der Waals surface area contributed by atoms with Gasteiger partial charge >= 0.3 is 0 Å². The zero-order chi connectivity index (χ0) is 18.8. The summed E-state index contributed by atoms with van der Waals surface area (Å²) >= 11 is 6.02. The van der Waals surface area contributed by atoms with E-state index in [1.54, 1.807) is 6.20 Å². The van der Waals surface area contributed by atoms with E-state index in [-0.39, 0.29) is 23.8 Å². The third kappa shape index (κ3) is 3.90. The van der Waals surface area contributed by atoms with Gasteiger partial charge in [0.1, 0.15) is 6.04 Å². The molecule has 8 heteroatoms. The largest absolute Gasteiger partial charge is 0.368 e. The van der Waals surface area contributed by atoms with Crippen LogP contribution in [0, 0.1) is 0 Å². The van der Waals surface area contributed by atoms with Crippen LogP contribution in [0.15, 0.2) is 30.5 Å². The highest BCUT2D eigenvalue weighted by molar-refractivity contribution is 6.30. The second-order valence-corrected chi connectivity index (χ2v) is 7.51. The van der Waals surface area contributed by atoms with E-state index in [2.05, 4.69) is 20.8 Å². The van der Waals surface area contributed by atoms with Gasteiger partial charge < -0.3 is 10.6 Å². The minimum absolute atomic E-state index is 0.132. The van der Waals surface area contributed by atoms with E-state index in [1.165, 1.54) is 0 Å². The number of rotatable bonds is 3. The van der Waals surface area contributed by atoms with E-state index in [9.17, 15) is 4.79 Å². The molecule has 2 atom stereocenters. The lowest BCUT2D eigenvalue weighted by Crippen LogP contribution is -2.48. The molecule has 0 spiro atoms. The van der Waals surface area contributed by atoms with Gasteiger partial charge in [-0.3, -0.25) is 10.2 Å². The number of carbonyl (C=O) groups is 1. The van der Waals surface area contributed by atoms with Crippen molar-refractivity contribution in [2.75, 3.05) is 25.4 Å². The second-order valence-electron chi connectivity index (χ2n) is 7.07. The Morgan fingerprint density at radius 2 is 2.07 bits per heavy atom. The molecule has 1 amide bonds. The van der Waals surface area contributed by atoms with Crippen LogP contribution in [0.1, 0.15) is 30.9 Å². The lowest BCUT2D eigenvalue weighted by atomic mass is 9.89. The van der Waals surface area contributed by atoms with Crippen molar-refractivity contribution in [1.29, 1.82) is 0 Å². The number of hydrogen-bond donors (Lipinski definition) is 3. The van der Waals surface area contributed by atoms with Crippen molar-refractivity contribution in [3.8, 4) is 11.1 Å². The predicted octanol–water partition coefficient (Wildman–Crippen LogP) is 1.95. The Balaban J connectivity index is 1.61. The molecule has 0 saturated carbocycles. The molecule has 1 aromatic heterocycles. The smallest absolute Gasteiger partial charge is 0.241 e. The van der Waals surface area contributed by atoms with Crippen LogP contribution >= 0.6 is 11.6 Å². The van der Waals surface area contributed by atoms with E-state index in [4.69, 9.17) is 17.3 Å². The molecule has 7 nitrogen and oxygen atoms in total. The number of nitrogens with one attached hydrogen (secondary N) is 2. The first-order valence-electron chi connectivity index (χ1n) is 9.27. The molecule has 2 aliphatic rings. The number of aromatic nitrogens is 2. The van der Waals surface area contributed by atoms with E-state index < -0.39 is 0 Å². The fourth-order valence-electron chi connectivity index (χ4n) is 3.86. The summed E-state index contributed by atoms with van der Waals surface area (Å²) in [5.41, 5.74) is 14.8. The Morgan fingerprint density at radius 3 is 2.81 bits per heavy atom. The van der Waals surface area contributed by atoms with Crippen LogP contribution in [0.25, 0.3) is 11.1 Å². The Labute approximate surface area is 163 Å². The van der Waals surface area contributed by atoms with Crippen LogP contribution in [0.2, 0.25) is 5.02 Å². The number of nitrogens with zero attached hydrogens (tertiary/aromatic N) is 3. The van der Waals surface area contributed by atoms with Crippen molar-refractivity contribution in [2.24, 2.45) is 0 Å². The van der Waals surface area contributed by atoms with Crippen LogP contribution in [-0.2, 0) is 4.79 Å². The molecule has 2 saturated heterocycles. The van der Waals surface area contributed by atoms with E-state index in [0.29, 0.717) is 11.6 Å². The molecule has 4 rings (SSSR count). The molecule has 2 aliphatic heterocycles. The number of anilines is 1. The predicted molar refractivity (Wildman–Crippen MR) is 105 cm³/mol. The van der Waals surface area contributed by atoms with Crippen molar-refractivity contribution >= 4 is 23.5 Å². The van der Waals surface area contributed by atoms with Crippen molar-refractivity contribution in [3.05, 3.63) is 41.2 Å². The van der Waals surface area contributed by atoms with Gasteiger partial charge in [-0.05, 0) is 37.0 Å². The van der Waals surface area contributed by atoms with Crippen LogP contribution in [0.5, 0.6) is 0 Å². The van der Waals surface area contributed by atoms with Gasteiger partial charge in [0.05, 0.1) is 5.69 Å². The van der Waals surface area contributed by atoms with Gasteiger partial charge in [-0.1, -0.05) is 23.7 Å². The number of nitrogen functional groups attached to an aromatic ring is 1. The third-order valence-electron chi connectivity index (χ3n) is 5.24. The number of amides is 1. The number of hydrazine groups is 1. The molecule has 0 aliphatic carbocycles. The Kier molecular flexibility index (Phi) is 5.24. The van der Waals surface area contributed by atoms with Crippen LogP contribution in [0.3, 0.4) is 0 Å². The average molecular weight is 387 g/mol. The highest BCUT2D eigenvalue weighted by Crippen LogP contribution is 2.34. The van der Waals surface area contributed by atoms with Gasteiger partial charge in [-0.25, -0.2) is 15.4 Å². The number of piperidine rings is 1. The topological polar surface area (TPSA) is 96.2 Å². The first-order chi connectivity index (χ1) is 13.1. The molecule has 2 aromatic rings. The summed E-state index contributed by atoms with van der Waals surface area (Å²) in [7, 11) is 0. The minimum Gasteiger partial charge on any atom is -0.368 e. The maximum Gasteiger partial charge on any atom is 0.241 e. The molecule has 0 radical (unpaired) electrons. The molecule has 4 N–H and O–H groups in total. The van der Waals surface area contributed by atoms with E-state index in [1.807, 2.05) is 29.2 Å². The summed E-state index contributed by atoms with van der Waals surface area (Å²) in [6, 6.07) is 7.48. The molecule has 1 aromatic carbocycles. The maximum absolute atomic E-state index is 12.8. The lowest BCUT2D eigenvalue weighted by Gasteiger charge is -2.34.